The molecule has 0 saturated carbocycles. The van der Waals surface area contributed by atoms with E-state index in [0.717, 1.165) is 4.57 Å². The van der Waals surface area contributed by atoms with E-state index in [-0.39, 0.29) is 13.0 Å². The molecule has 0 aliphatic carbocycles. The highest BCUT2D eigenvalue weighted by Crippen LogP contribution is 2.39. The molecule has 126 valence electrons. The average molecular weight is 328 g/mol. The molecular formula is C13H16N2O8. The van der Waals surface area contributed by atoms with Gasteiger partial charge in [-0.3, -0.25) is 19.1 Å². The summed E-state index contributed by atoms with van der Waals surface area (Å²) in [6.07, 6.45) is -3.18. The first-order valence-corrected chi connectivity index (χ1v) is 7.02. The van der Waals surface area contributed by atoms with Gasteiger partial charge in [0.2, 0.25) is 0 Å². The number of carbonyl (C=O) groups is 1. The second kappa shape index (κ2) is 5.89. The van der Waals surface area contributed by atoms with Crippen molar-refractivity contribution in [2.24, 2.45) is 0 Å². The molecule has 0 aromatic carbocycles. The molecule has 5 atom stereocenters. The van der Waals surface area contributed by atoms with Crippen molar-refractivity contribution in [2.75, 3.05) is 6.61 Å². The highest BCUT2D eigenvalue weighted by Gasteiger charge is 2.53. The fourth-order valence-corrected chi connectivity index (χ4v) is 2.78. The summed E-state index contributed by atoms with van der Waals surface area (Å²) in [4.78, 5) is 36.4. The van der Waals surface area contributed by atoms with Gasteiger partial charge in [0, 0.05) is 11.8 Å². The van der Waals surface area contributed by atoms with E-state index in [1.807, 2.05) is 0 Å². The van der Waals surface area contributed by atoms with Gasteiger partial charge in [-0.25, -0.2) is 4.79 Å². The van der Waals surface area contributed by atoms with Crippen LogP contribution in [0.3, 0.4) is 0 Å². The van der Waals surface area contributed by atoms with E-state index in [1.165, 1.54) is 13.1 Å². The number of nitrogens with zero attached hydrogens (tertiary/aromatic N) is 1. The number of aliphatic hydroxyl groups excluding tert-OH is 1. The van der Waals surface area contributed by atoms with Crippen LogP contribution in [0.5, 0.6) is 0 Å². The molecule has 3 heterocycles. The molecule has 0 unspecified atom stereocenters. The van der Waals surface area contributed by atoms with E-state index in [2.05, 4.69) is 4.98 Å². The number of aromatic amines is 1. The molecule has 1 aromatic rings. The fraction of sp³-hybridized carbons (Fsp3) is 0.615. The lowest BCUT2D eigenvalue weighted by atomic mass is 10.1. The van der Waals surface area contributed by atoms with Crippen molar-refractivity contribution in [1.29, 1.82) is 0 Å². The molecule has 0 spiro atoms. The van der Waals surface area contributed by atoms with Crippen LogP contribution < -0.4 is 11.2 Å². The second-order valence-corrected chi connectivity index (χ2v) is 5.46. The summed E-state index contributed by atoms with van der Waals surface area (Å²) in [5.41, 5.74) is -0.890. The Kier molecular flexibility index (Phi) is 4.06. The Labute approximate surface area is 129 Å². The summed E-state index contributed by atoms with van der Waals surface area (Å²) in [6, 6.07) is 0. The minimum Gasteiger partial charge on any atom is -0.481 e. The molecule has 2 fully saturated rings. The summed E-state index contributed by atoms with van der Waals surface area (Å²) in [7, 11) is 0. The molecule has 2 aliphatic heterocycles. The maximum atomic E-state index is 12.0. The third kappa shape index (κ3) is 2.81. The molecule has 3 N–H and O–H groups in total. The van der Waals surface area contributed by atoms with Gasteiger partial charge < -0.3 is 24.4 Å². The number of aromatic nitrogens is 2. The van der Waals surface area contributed by atoms with Crippen LogP contribution in [0.4, 0.5) is 0 Å². The molecule has 2 saturated heterocycles. The molecule has 2 aliphatic rings. The van der Waals surface area contributed by atoms with Crippen LogP contribution in [-0.4, -0.2) is 56.9 Å². The first-order chi connectivity index (χ1) is 10.9. The fourth-order valence-electron chi connectivity index (χ4n) is 2.78. The number of fused-ring (bicyclic) bond motifs is 1. The van der Waals surface area contributed by atoms with Gasteiger partial charge in [-0.05, 0) is 6.92 Å². The number of rotatable bonds is 4. The van der Waals surface area contributed by atoms with Gasteiger partial charge in [0.25, 0.3) is 5.56 Å². The first-order valence-electron chi connectivity index (χ1n) is 7.02. The largest absolute Gasteiger partial charge is 0.481 e. The third-order valence-corrected chi connectivity index (χ3v) is 3.84. The van der Waals surface area contributed by atoms with Crippen molar-refractivity contribution in [3.63, 3.8) is 0 Å². The number of carboxylic acids is 1. The zero-order valence-electron chi connectivity index (χ0n) is 12.2. The predicted octanol–water partition coefficient (Wildman–Crippen LogP) is -1.68. The van der Waals surface area contributed by atoms with E-state index >= 15 is 0 Å². The summed E-state index contributed by atoms with van der Waals surface area (Å²) in [5, 5.41) is 18.2. The van der Waals surface area contributed by atoms with Gasteiger partial charge in [-0.2, -0.15) is 0 Å². The van der Waals surface area contributed by atoms with Crippen molar-refractivity contribution in [3.05, 3.63) is 32.6 Å². The summed E-state index contributed by atoms with van der Waals surface area (Å²) >= 11 is 0. The topological polar surface area (TPSA) is 140 Å². The molecule has 0 amide bonds. The molecule has 3 rings (SSSR count). The Balaban J connectivity index is 1.92. The smallest absolute Gasteiger partial charge is 0.330 e. The maximum Gasteiger partial charge on any atom is 0.330 e. The Hall–Kier alpha value is -2.01. The number of aliphatic carboxylic acids is 1. The van der Waals surface area contributed by atoms with Crippen LogP contribution in [0.25, 0.3) is 0 Å². The zero-order valence-corrected chi connectivity index (χ0v) is 12.2. The number of nitrogens with one attached hydrogen (secondary N) is 1. The Morgan fingerprint density at radius 3 is 2.65 bits per heavy atom. The predicted molar refractivity (Wildman–Crippen MR) is 72.8 cm³/mol. The van der Waals surface area contributed by atoms with Gasteiger partial charge in [0.15, 0.2) is 12.5 Å². The molecule has 1 aromatic heterocycles. The highest BCUT2D eigenvalue weighted by molar-refractivity contribution is 5.67. The van der Waals surface area contributed by atoms with E-state index in [0.29, 0.717) is 5.56 Å². The molecule has 0 bridgehead atoms. The normalized spacial score (nSPS) is 32.9. The summed E-state index contributed by atoms with van der Waals surface area (Å²) < 4.78 is 17.7. The zero-order chi connectivity index (χ0) is 16.7. The number of aryl methyl sites for hydroxylation is 1. The lowest BCUT2D eigenvalue weighted by Crippen LogP contribution is -2.37. The van der Waals surface area contributed by atoms with Crippen molar-refractivity contribution in [3.8, 4) is 0 Å². The van der Waals surface area contributed by atoms with Crippen molar-refractivity contribution < 1.29 is 29.2 Å². The average Bonchev–Trinajstić information content (AvgIpc) is 3.00. The van der Waals surface area contributed by atoms with Gasteiger partial charge in [-0.15, -0.1) is 0 Å². The minimum atomic E-state index is -1.09. The summed E-state index contributed by atoms with van der Waals surface area (Å²) in [6.45, 7) is 1.15. The lowest BCUT2D eigenvalue weighted by molar-refractivity contribution is -0.167. The van der Waals surface area contributed by atoms with Crippen molar-refractivity contribution in [1.82, 2.24) is 9.55 Å². The quantitative estimate of drug-likeness (QED) is 0.595. The number of hydrogen-bond acceptors (Lipinski definition) is 7. The Morgan fingerprint density at radius 1 is 1.30 bits per heavy atom. The molecule has 0 radical (unpaired) electrons. The molecular weight excluding hydrogens is 312 g/mol. The molecule has 23 heavy (non-hydrogen) atoms. The number of hydrogen-bond donors (Lipinski definition) is 3. The van der Waals surface area contributed by atoms with Crippen LogP contribution in [0.1, 0.15) is 18.2 Å². The van der Waals surface area contributed by atoms with Crippen LogP contribution in [0.2, 0.25) is 0 Å². The van der Waals surface area contributed by atoms with Crippen LogP contribution in [0, 0.1) is 6.92 Å². The third-order valence-electron chi connectivity index (χ3n) is 3.84. The van der Waals surface area contributed by atoms with Crippen LogP contribution >= 0.6 is 0 Å². The number of H-pyrrole nitrogens is 1. The standard InChI is InChI=1S/C13H16N2O8/c1-5-3-15(13(20)14-11(5)19)12-10-9(6(4-16)21-12)22-8(23-10)2-7(17)18/h3,6,8-10,12,16H,2,4H2,1H3,(H,17,18)(H,14,19,20)/t6-,8-,9-,10-,12-/m1/s1. The van der Waals surface area contributed by atoms with Crippen molar-refractivity contribution in [2.45, 2.75) is 44.2 Å². The van der Waals surface area contributed by atoms with E-state index < -0.39 is 48.0 Å². The van der Waals surface area contributed by atoms with E-state index in [1.54, 1.807) is 0 Å². The van der Waals surface area contributed by atoms with Crippen LogP contribution in [0.15, 0.2) is 15.8 Å². The Bertz CT molecular complexity index is 725. The van der Waals surface area contributed by atoms with Gasteiger partial charge >= 0.3 is 11.7 Å². The second-order valence-electron chi connectivity index (χ2n) is 5.46. The lowest BCUT2D eigenvalue weighted by Gasteiger charge is -2.20. The van der Waals surface area contributed by atoms with Gasteiger partial charge in [0.05, 0.1) is 13.0 Å². The van der Waals surface area contributed by atoms with Gasteiger partial charge in [0.1, 0.15) is 18.3 Å². The first kappa shape index (κ1) is 15.9. The number of carboxylic acid groups (broad SMARTS) is 1. The molecule has 10 heteroatoms. The van der Waals surface area contributed by atoms with Crippen LogP contribution in [-0.2, 0) is 19.0 Å². The monoisotopic (exact) mass is 328 g/mol. The van der Waals surface area contributed by atoms with Gasteiger partial charge in [-0.1, -0.05) is 0 Å². The van der Waals surface area contributed by atoms with E-state index in [4.69, 9.17) is 19.3 Å². The number of aliphatic hydroxyl groups is 1. The van der Waals surface area contributed by atoms with E-state index in [9.17, 15) is 19.5 Å². The summed E-state index contributed by atoms with van der Waals surface area (Å²) in [5.74, 6) is -1.09. The molecule has 10 nitrogen and oxygen atoms in total. The SMILES string of the molecule is Cc1cn([C@@H]2O[C@H](CO)[C@H]3O[C@@H](CC(=O)O)O[C@H]32)c(=O)[nH]c1=O. The Morgan fingerprint density at radius 2 is 2.00 bits per heavy atom. The van der Waals surface area contributed by atoms with Crippen molar-refractivity contribution >= 4 is 5.97 Å². The number of ether oxygens (including phenoxy) is 3. The highest BCUT2D eigenvalue weighted by atomic mass is 16.8. The minimum absolute atomic E-state index is 0.304. The maximum absolute atomic E-state index is 12.0.